The molecule has 3 aliphatic rings. The largest absolute Gasteiger partial charge is 0.394 e. The number of aliphatic hydroxyl groups excluding tert-OH is 11. The summed E-state index contributed by atoms with van der Waals surface area (Å²) in [7, 11) is 0. The van der Waals surface area contributed by atoms with Crippen molar-refractivity contribution in [1.29, 1.82) is 0 Å². The van der Waals surface area contributed by atoms with Crippen molar-refractivity contribution in [1.82, 2.24) is 5.32 Å². The molecule has 103 heavy (non-hydrogen) atoms. The first-order valence-electron chi connectivity index (χ1n) is 38.9. The minimum Gasteiger partial charge on any atom is -0.394 e. The van der Waals surface area contributed by atoms with Gasteiger partial charge in [0.05, 0.1) is 38.6 Å². The van der Waals surface area contributed by atoms with Crippen LogP contribution in [0.15, 0.2) is 170 Å². The second-order valence-corrected chi connectivity index (χ2v) is 26.7. The second kappa shape index (κ2) is 62.2. The predicted octanol–water partition coefficient (Wildman–Crippen LogP) is 12.6. The monoisotopic (exact) mass is 1450 g/mol. The average Bonchev–Trinajstić information content (AvgIpc) is 0.782. The van der Waals surface area contributed by atoms with Gasteiger partial charge >= 0.3 is 0 Å². The molecule has 0 aliphatic carbocycles. The standard InChI is InChI=1S/C84H135NO18/c1-3-5-7-9-11-13-15-17-19-21-22-23-24-25-26-27-28-29-30-31-32-33-34-35-36-37-38-39-40-41-42-43-44-46-48-50-52-54-56-58-60-62-72(90)85-67(68(89)61-59-57-55-53-51-49-47-45-20-18-16-14-12-10-8-6-4-2)66-98-82-78(96)75(93)80(70(64-87)100-82)103-84-79(97)76(94)81(71(65-88)101-84)102-83-77(95)74(92)73(91)69(63-86)99-83/h5,7,11,13,17,19-20,22-23,25-26,28-29,31-32,34-35,37-38,40-41,43-45,51,53,59,61,67-71,73-84,86-89,91-97H,3-4,6,8-10,12,14-16,18,21,24,27,30,33,36,39,42,46-50,52,54-58,60,62-66H2,1-2H3,(H,85,90)/b7-5-,13-11-,19-17-,23-22-,26-25-,29-28-,32-31-,35-34-,38-37-,41-40-,44-43-,45-20+,53-51+,61-59+. The van der Waals surface area contributed by atoms with Gasteiger partial charge in [0.15, 0.2) is 18.9 Å². The fourth-order valence-electron chi connectivity index (χ4n) is 11.8. The lowest BCUT2D eigenvalue weighted by Gasteiger charge is -2.48. The van der Waals surface area contributed by atoms with E-state index in [-0.39, 0.29) is 18.9 Å². The van der Waals surface area contributed by atoms with Crippen LogP contribution >= 0.6 is 0 Å². The van der Waals surface area contributed by atoms with E-state index in [2.05, 4.69) is 177 Å². The lowest BCUT2D eigenvalue weighted by molar-refractivity contribution is -0.379. The van der Waals surface area contributed by atoms with Crippen LogP contribution in [0.3, 0.4) is 0 Å². The maximum Gasteiger partial charge on any atom is 0.220 e. The maximum absolute atomic E-state index is 13.4. The van der Waals surface area contributed by atoms with Gasteiger partial charge in [0, 0.05) is 6.42 Å². The van der Waals surface area contributed by atoms with Crippen LogP contribution in [0.4, 0.5) is 0 Å². The van der Waals surface area contributed by atoms with Gasteiger partial charge in [-0.15, -0.1) is 0 Å². The Morgan fingerprint density at radius 3 is 1.09 bits per heavy atom. The second-order valence-electron chi connectivity index (χ2n) is 26.7. The van der Waals surface area contributed by atoms with Crippen LogP contribution in [0, 0.1) is 0 Å². The third-order valence-corrected chi connectivity index (χ3v) is 18.0. The summed E-state index contributed by atoms with van der Waals surface area (Å²) >= 11 is 0. The van der Waals surface area contributed by atoms with Crippen LogP contribution in [-0.2, 0) is 33.2 Å². The van der Waals surface area contributed by atoms with Crippen molar-refractivity contribution < 1.29 is 89.4 Å². The highest BCUT2D eigenvalue weighted by atomic mass is 16.8. The first kappa shape index (κ1) is 92.4. The zero-order chi connectivity index (χ0) is 74.6. The fourth-order valence-corrected chi connectivity index (χ4v) is 11.8. The lowest BCUT2D eigenvalue weighted by Crippen LogP contribution is -2.66. The number of hydrogen-bond acceptors (Lipinski definition) is 18. The number of unbranched alkanes of at least 4 members (excludes halogenated alkanes) is 16. The highest BCUT2D eigenvalue weighted by Gasteiger charge is 2.53. The first-order valence-corrected chi connectivity index (χ1v) is 38.9. The minimum atomic E-state index is -1.99. The van der Waals surface area contributed by atoms with Crippen molar-refractivity contribution in [3.05, 3.63) is 170 Å². The van der Waals surface area contributed by atoms with Gasteiger partial charge in [-0.05, 0) is 128 Å². The highest BCUT2D eigenvalue weighted by molar-refractivity contribution is 5.76. The van der Waals surface area contributed by atoms with Crippen molar-refractivity contribution in [2.24, 2.45) is 0 Å². The van der Waals surface area contributed by atoms with Crippen LogP contribution in [0.1, 0.15) is 219 Å². The third kappa shape index (κ3) is 42.3. The van der Waals surface area contributed by atoms with Gasteiger partial charge < -0.3 is 89.9 Å². The molecule has 0 bridgehead atoms. The number of aliphatic hydroxyl groups is 11. The molecule has 3 fully saturated rings. The Morgan fingerprint density at radius 1 is 0.359 bits per heavy atom. The van der Waals surface area contributed by atoms with Crippen molar-refractivity contribution in [3.63, 3.8) is 0 Å². The number of carbonyl (C=O) groups is 1. The Morgan fingerprint density at radius 2 is 0.680 bits per heavy atom. The van der Waals surface area contributed by atoms with E-state index in [9.17, 15) is 61.0 Å². The number of allylic oxidation sites excluding steroid dienone is 27. The van der Waals surface area contributed by atoms with Crippen LogP contribution in [0.25, 0.3) is 0 Å². The quantitative estimate of drug-likeness (QED) is 0.0199. The van der Waals surface area contributed by atoms with E-state index in [0.29, 0.717) is 12.8 Å². The van der Waals surface area contributed by atoms with E-state index in [1.807, 2.05) is 6.08 Å². The summed E-state index contributed by atoms with van der Waals surface area (Å²) < 4.78 is 34.3. The number of rotatable bonds is 58. The van der Waals surface area contributed by atoms with Gasteiger partial charge in [0.25, 0.3) is 0 Å². The molecule has 0 saturated carbocycles. The molecule has 3 aliphatic heterocycles. The molecule has 19 heteroatoms. The van der Waals surface area contributed by atoms with Crippen molar-refractivity contribution in [3.8, 4) is 0 Å². The van der Waals surface area contributed by atoms with Crippen molar-refractivity contribution >= 4 is 5.91 Å². The Balaban J connectivity index is 1.36. The Bertz CT molecular complexity index is 2530. The molecule has 0 aromatic heterocycles. The average molecular weight is 1450 g/mol. The van der Waals surface area contributed by atoms with Crippen molar-refractivity contribution in [2.75, 3.05) is 26.4 Å². The topological polar surface area (TPSA) is 307 Å². The van der Waals surface area contributed by atoms with E-state index in [0.717, 1.165) is 141 Å². The molecule has 17 atom stereocenters. The predicted molar refractivity (Wildman–Crippen MR) is 410 cm³/mol. The molecule has 12 N–H and O–H groups in total. The summed E-state index contributed by atoms with van der Waals surface area (Å²) in [6, 6.07) is -1.02. The summed E-state index contributed by atoms with van der Waals surface area (Å²) in [6.07, 6.45) is 66.2. The van der Waals surface area contributed by atoms with Crippen LogP contribution in [0.5, 0.6) is 0 Å². The maximum atomic E-state index is 13.4. The van der Waals surface area contributed by atoms with Crippen LogP contribution in [-0.4, -0.2) is 193 Å². The van der Waals surface area contributed by atoms with E-state index in [1.165, 1.54) is 44.9 Å². The summed E-state index contributed by atoms with van der Waals surface area (Å²) in [6.45, 7) is 1.55. The van der Waals surface area contributed by atoms with E-state index in [4.69, 9.17) is 28.4 Å². The normalized spacial score (nSPS) is 27.0. The summed E-state index contributed by atoms with van der Waals surface area (Å²) in [5.41, 5.74) is 0. The zero-order valence-corrected chi connectivity index (χ0v) is 62.2. The number of nitrogens with one attached hydrogen (secondary N) is 1. The number of hydrogen-bond donors (Lipinski definition) is 12. The molecule has 0 radical (unpaired) electrons. The molecule has 0 aromatic carbocycles. The summed E-state index contributed by atoms with van der Waals surface area (Å²) in [5.74, 6) is -0.308. The molecule has 0 spiro atoms. The third-order valence-electron chi connectivity index (χ3n) is 18.0. The molecule has 3 saturated heterocycles. The molecule has 3 rings (SSSR count). The molecular formula is C84H135NO18. The molecule has 19 nitrogen and oxygen atoms in total. The van der Waals surface area contributed by atoms with Gasteiger partial charge in [-0.3, -0.25) is 4.79 Å². The molecular weight excluding hydrogens is 1310 g/mol. The summed E-state index contributed by atoms with van der Waals surface area (Å²) in [4.78, 5) is 13.4. The van der Waals surface area contributed by atoms with E-state index < -0.39 is 124 Å². The molecule has 584 valence electrons. The molecule has 0 aromatic rings. The van der Waals surface area contributed by atoms with Crippen molar-refractivity contribution in [2.45, 2.75) is 324 Å². The van der Waals surface area contributed by atoms with E-state index >= 15 is 0 Å². The van der Waals surface area contributed by atoms with Gasteiger partial charge in [0.1, 0.15) is 73.2 Å². The van der Waals surface area contributed by atoms with Gasteiger partial charge in [-0.2, -0.15) is 0 Å². The number of carbonyl (C=O) groups excluding carboxylic acids is 1. The van der Waals surface area contributed by atoms with Gasteiger partial charge in [-0.25, -0.2) is 0 Å². The van der Waals surface area contributed by atoms with Crippen LogP contribution in [0.2, 0.25) is 0 Å². The Labute approximate surface area is 617 Å². The Kier molecular flexibility index (Phi) is 55.8. The fraction of sp³-hybridized carbons (Fsp3) is 0.655. The first-order chi connectivity index (χ1) is 50.3. The minimum absolute atomic E-state index is 0.207. The lowest BCUT2D eigenvalue weighted by atomic mass is 9.96. The van der Waals surface area contributed by atoms with E-state index in [1.54, 1.807) is 6.08 Å². The Hall–Kier alpha value is -4.85. The molecule has 1 amide bonds. The highest BCUT2D eigenvalue weighted by Crippen LogP contribution is 2.33. The smallest absolute Gasteiger partial charge is 0.220 e. The molecule has 3 heterocycles. The van der Waals surface area contributed by atoms with Crippen LogP contribution < -0.4 is 5.32 Å². The molecule has 17 unspecified atom stereocenters. The number of ether oxygens (including phenoxy) is 6. The van der Waals surface area contributed by atoms with Gasteiger partial charge in [0.2, 0.25) is 5.91 Å². The van der Waals surface area contributed by atoms with Gasteiger partial charge in [-0.1, -0.05) is 255 Å². The SMILES string of the molecule is CC/C=C\C/C=C\C/C=C\C/C=C\C/C=C\C/C=C\C/C=C\C/C=C\C/C=C\C/C=C\C/C=C\CCCCCCCCCC(=O)NC(COC1OC(CO)C(OC2OC(CO)C(OC3OC(CO)C(O)C(O)C3O)C(O)C2O)C(O)C1O)C(O)/C=C/CC/C=C/CC/C=C/CCCCCCCCC. The summed E-state index contributed by atoms with van der Waals surface area (Å²) in [5, 5.41) is 121. The zero-order valence-electron chi connectivity index (χ0n) is 62.2. The number of amides is 1.